The van der Waals surface area contributed by atoms with Crippen LogP contribution in [-0.2, 0) is 7.05 Å². The normalized spacial score (nSPS) is 23.1. The average molecular weight is 227 g/mol. The molecule has 0 aliphatic carbocycles. The van der Waals surface area contributed by atoms with Crippen LogP contribution in [0.2, 0.25) is 0 Å². The summed E-state index contributed by atoms with van der Waals surface area (Å²) in [6.45, 7) is 0.894. The molecule has 2 unspecified atom stereocenters. The lowest BCUT2D eigenvalue weighted by molar-refractivity contribution is 0.206. The van der Waals surface area contributed by atoms with Gasteiger partial charge in [0.15, 0.2) is 11.9 Å². The molecule has 5 heteroatoms. The van der Waals surface area contributed by atoms with Gasteiger partial charge in [-0.15, -0.1) is 0 Å². The van der Waals surface area contributed by atoms with E-state index in [0.29, 0.717) is 11.4 Å². The first-order valence-electron chi connectivity index (χ1n) is 5.67. The number of piperidine rings is 1. The fourth-order valence-electron chi connectivity index (χ4n) is 2.22. The monoisotopic (exact) mass is 227 g/mol. The lowest BCUT2D eigenvalue weighted by Gasteiger charge is -2.26. The van der Waals surface area contributed by atoms with Gasteiger partial charge in [0.05, 0.1) is 13.3 Å². The highest BCUT2D eigenvalue weighted by atomic mass is 19.1. The van der Waals surface area contributed by atoms with Gasteiger partial charge in [-0.2, -0.15) is 5.10 Å². The second-order valence-electron chi connectivity index (χ2n) is 4.18. The molecule has 2 atom stereocenters. The summed E-state index contributed by atoms with van der Waals surface area (Å²) < 4.78 is 21.0. The van der Waals surface area contributed by atoms with Crippen molar-refractivity contribution in [3.63, 3.8) is 0 Å². The van der Waals surface area contributed by atoms with Gasteiger partial charge in [-0.25, -0.2) is 4.39 Å². The van der Waals surface area contributed by atoms with Crippen molar-refractivity contribution in [3.05, 3.63) is 11.9 Å². The SMILES string of the molecule is COc1cnn(C)c1C(F)C1CCCCN1. The number of alkyl halides is 1. The Morgan fingerprint density at radius 1 is 1.62 bits per heavy atom. The summed E-state index contributed by atoms with van der Waals surface area (Å²) in [6, 6.07) is -0.113. The third-order valence-electron chi connectivity index (χ3n) is 3.13. The molecule has 0 aromatic carbocycles. The van der Waals surface area contributed by atoms with E-state index >= 15 is 0 Å². The van der Waals surface area contributed by atoms with Crippen LogP contribution in [0.5, 0.6) is 5.75 Å². The zero-order chi connectivity index (χ0) is 11.5. The van der Waals surface area contributed by atoms with Gasteiger partial charge in [-0.05, 0) is 19.4 Å². The maximum atomic E-state index is 14.4. The highest BCUT2D eigenvalue weighted by molar-refractivity contribution is 5.28. The Balaban J connectivity index is 2.18. The van der Waals surface area contributed by atoms with Crippen molar-refractivity contribution in [2.24, 2.45) is 7.05 Å². The highest BCUT2D eigenvalue weighted by Gasteiger charge is 2.29. The Morgan fingerprint density at radius 3 is 3.06 bits per heavy atom. The first kappa shape index (κ1) is 11.4. The average Bonchev–Trinajstić information content (AvgIpc) is 2.70. The first-order chi connectivity index (χ1) is 7.74. The molecular weight excluding hydrogens is 209 g/mol. The third kappa shape index (κ3) is 2.04. The van der Waals surface area contributed by atoms with Gasteiger partial charge < -0.3 is 10.1 Å². The van der Waals surface area contributed by atoms with Gasteiger partial charge in [-0.3, -0.25) is 4.68 Å². The number of aryl methyl sites for hydroxylation is 1. The molecular formula is C11H18FN3O. The Morgan fingerprint density at radius 2 is 2.44 bits per heavy atom. The van der Waals surface area contributed by atoms with Crippen molar-refractivity contribution in [2.45, 2.75) is 31.5 Å². The van der Waals surface area contributed by atoms with Crippen LogP contribution in [0.15, 0.2) is 6.20 Å². The zero-order valence-electron chi connectivity index (χ0n) is 9.74. The Hall–Kier alpha value is -1.10. The van der Waals surface area contributed by atoms with E-state index < -0.39 is 6.17 Å². The number of rotatable bonds is 3. The smallest absolute Gasteiger partial charge is 0.163 e. The number of ether oxygens (including phenoxy) is 1. The van der Waals surface area contributed by atoms with Crippen molar-refractivity contribution >= 4 is 0 Å². The molecule has 0 spiro atoms. The van der Waals surface area contributed by atoms with Gasteiger partial charge in [0.1, 0.15) is 5.69 Å². The van der Waals surface area contributed by atoms with E-state index in [9.17, 15) is 4.39 Å². The van der Waals surface area contributed by atoms with Crippen LogP contribution in [0.4, 0.5) is 4.39 Å². The van der Waals surface area contributed by atoms with Crippen molar-refractivity contribution < 1.29 is 9.13 Å². The van der Waals surface area contributed by atoms with E-state index in [0.717, 1.165) is 25.8 Å². The van der Waals surface area contributed by atoms with Crippen LogP contribution in [0, 0.1) is 0 Å². The summed E-state index contributed by atoms with van der Waals surface area (Å²) in [5.74, 6) is 0.530. The van der Waals surface area contributed by atoms with Crippen LogP contribution in [0.3, 0.4) is 0 Å². The molecule has 1 N–H and O–H groups in total. The molecule has 1 aromatic heterocycles. The van der Waals surface area contributed by atoms with Gasteiger partial charge in [0.2, 0.25) is 0 Å². The van der Waals surface area contributed by atoms with E-state index in [1.165, 1.54) is 0 Å². The molecule has 90 valence electrons. The van der Waals surface area contributed by atoms with Crippen LogP contribution in [0.25, 0.3) is 0 Å². The molecule has 0 amide bonds. The van der Waals surface area contributed by atoms with Crippen LogP contribution in [0.1, 0.15) is 31.1 Å². The molecule has 16 heavy (non-hydrogen) atoms. The number of halogens is 1. The Bertz CT molecular complexity index is 347. The Kier molecular flexibility index (Phi) is 3.43. The fraction of sp³-hybridized carbons (Fsp3) is 0.727. The molecule has 1 aliphatic heterocycles. The van der Waals surface area contributed by atoms with Crippen LogP contribution < -0.4 is 10.1 Å². The summed E-state index contributed by atoms with van der Waals surface area (Å²) in [5.41, 5.74) is 0.530. The topological polar surface area (TPSA) is 39.1 Å². The number of methoxy groups -OCH3 is 1. The lowest BCUT2D eigenvalue weighted by atomic mass is 9.98. The molecule has 1 fully saturated rings. The predicted octanol–water partition coefficient (Wildman–Crippen LogP) is 1.58. The number of nitrogens with zero attached hydrogens (tertiary/aromatic N) is 2. The zero-order valence-corrected chi connectivity index (χ0v) is 9.74. The molecule has 0 bridgehead atoms. The molecule has 4 nitrogen and oxygen atoms in total. The largest absolute Gasteiger partial charge is 0.493 e. The van der Waals surface area contributed by atoms with Crippen molar-refractivity contribution in [1.82, 2.24) is 15.1 Å². The number of hydrogen-bond acceptors (Lipinski definition) is 3. The van der Waals surface area contributed by atoms with Gasteiger partial charge >= 0.3 is 0 Å². The highest BCUT2D eigenvalue weighted by Crippen LogP contribution is 2.32. The van der Waals surface area contributed by atoms with E-state index in [-0.39, 0.29) is 6.04 Å². The fourth-order valence-corrected chi connectivity index (χ4v) is 2.22. The van der Waals surface area contributed by atoms with E-state index in [2.05, 4.69) is 10.4 Å². The predicted molar refractivity (Wildman–Crippen MR) is 59.3 cm³/mol. The van der Waals surface area contributed by atoms with E-state index in [1.54, 1.807) is 25.0 Å². The summed E-state index contributed by atoms with van der Waals surface area (Å²) in [6.07, 6.45) is 3.59. The maximum Gasteiger partial charge on any atom is 0.163 e. The molecule has 1 aromatic rings. The van der Waals surface area contributed by atoms with Crippen LogP contribution in [-0.4, -0.2) is 29.5 Å². The first-order valence-corrected chi connectivity index (χ1v) is 5.67. The molecule has 2 rings (SSSR count). The lowest BCUT2D eigenvalue weighted by Crippen LogP contribution is -2.38. The van der Waals surface area contributed by atoms with Gasteiger partial charge in [-0.1, -0.05) is 6.42 Å². The van der Waals surface area contributed by atoms with Gasteiger partial charge in [0, 0.05) is 13.1 Å². The summed E-state index contributed by atoms with van der Waals surface area (Å²) in [7, 11) is 3.29. The summed E-state index contributed by atoms with van der Waals surface area (Å²) in [5, 5.41) is 7.24. The maximum absolute atomic E-state index is 14.4. The molecule has 0 radical (unpaired) electrons. The second kappa shape index (κ2) is 4.82. The molecule has 0 saturated carbocycles. The standard InChI is InChI=1S/C11H18FN3O/c1-15-11(9(16-2)7-14-15)10(12)8-5-3-4-6-13-8/h7-8,10,13H,3-6H2,1-2H3. The minimum absolute atomic E-state index is 0.113. The molecule has 1 saturated heterocycles. The minimum atomic E-state index is -1.05. The summed E-state index contributed by atoms with van der Waals surface area (Å²) in [4.78, 5) is 0. The second-order valence-corrected chi connectivity index (χ2v) is 4.18. The Labute approximate surface area is 94.8 Å². The molecule has 1 aliphatic rings. The van der Waals surface area contributed by atoms with E-state index in [4.69, 9.17) is 4.74 Å². The minimum Gasteiger partial charge on any atom is -0.493 e. The number of nitrogens with one attached hydrogen (secondary N) is 1. The number of aromatic nitrogens is 2. The van der Waals surface area contributed by atoms with E-state index in [1.807, 2.05) is 0 Å². The quantitative estimate of drug-likeness (QED) is 0.852. The van der Waals surface area contributed by atoms with Gasteiger partial charge in [0.25, 0.3) is 0 Å². The van der Waals surface area contributed by atoms with Crippen molar-refractivity contribution in [3.8, 4) is 5.75 Å². The third-order valence-corrected chi connectivity index (χ3v) is 3.13. The number of hydrogen-bond donors (Lipinski definition) is 1. The van der Waals surface area contributed by atoms with Crippen LogP contribution >= 0.6 is 0 Å². The summed E-state index contributed by atoms with van der Waals surface area (Å²) >= 11 is 0. The molecule has 2 heterocycles. The van der Waals surface area contributed by atoms with Crippen molar-refractivity contribution in [2.75, 3.05) is 13.7 Å². The van der Waals surface area contributed by atoms with Crippen molar-refractivity contribution in [1.29, 1.82) is 0 Å².